The number of nitrogens with zero attached hydrogens (tertiary/aromatic N) is 1. The molecule has 0 radical (unpaired) electrons. The molecule has 1 unspecified atom stereocenters. The standard InChI is InChI=1S/C15H22N2O2/c1-12-6-3-4-7-14(12)17-9-5-8-16-13(11-17)10-15(18)19-2/h3-4,6-7,13,16H,5,8-11H2,1-2H3. The Hall–Kier alpha value is -1.55. The summed E-state index contributed by atoms with van der Waals surface area (Å²) in [6, 6.07) is 8.56. The number of carbonyl (C=O) groups is 1. The Balaban J connectivity index is 2.08. The Morgan fingerprint density at radius 1 is 1.47 bits per heavy atom. The minimum absolute atomic E-state index is 0.149. The first-order valence-corrected chi connectivity index (χ1v) is 6.81. The Morgan fingerprint density at radius 2 is 2.26 bits per heavy atom. The molecule has 0 spiro atoms. The fraction of sp³-hybridized carbons (Fsp3) is 0.533. The van der Waals surface area contributed by atoms with E-state index in [-0.39, 0.29) is 12.0 Å². The van der Waals surface area contributed by atoms with E-state index < -0.39 is 0 Å². The summed E-state index contributed by atoms with van der Waals surface area (Å²) >= 11 is 0. The maximum absolute atomic E-state index is 11.4. The molecule has 0 aromatic heterocycles. The number of benzene rings is 1. The number of para-hydroxylation sites is 1. The van der Waals surface area contributed by atoms with Crippen molar-refractivity contribution >= 4 is 11.7 Å². The number of ether oxygens (including phenoxy) is 1. The topological polar surface area (TPSA) is 41.6 Å². The highest BCUT2D eigenvalue weighted by Crippen LogP contribution is 2.21. The SMILES string of the molecule is COC(=O)CC1CN(c2ccccc2C)CCCN1. The molecule has 1 heterocycles. The zero-order valence-electron chi connectivity index (χ0n) is 11.7. The van der Waals surface area contributed by atoms with E-state index in [4.69, 9.17) is 4.74 Å². The van der Waals surface area contributed by atoms with E-state index in [0.717, 1.165) is 26.1 Å². The Kier molecular flexibility index (Phi) is 4.80. The van der Waals surface area contributed by atoms with Crippen LogP contribution in [0, 0.1) is 6.92 Å². The number of esters is 1. The summed E-state index contributed by atoms with van der Waals surface area (Å²) in [5.74, 6) is -0.149. The third-order valence-electron chi connectivity index (χ3n) is 3.58. The second-order valence-corrected chi connectivity index (χ2v) is 5.02. The molecular weight excluding hydrogens is 240 g/mol. The summed E-state index contributed by atoms with van der Waals surface area (Å²) in [5, 5.41) is 3.42. The minimum Gasteiger partial charge on any atom is -0.469 e. The van der Waals surface area contributed by atoms with Crippen molar-refractivity contribution in [2.24, 2.45) is 0 Å². The summed E-state index contributed by atoms with van der Waals surface area (Å²) in [4.78, 5) is 13.8. The predicted molar refractivity (Wildman–Crippen MR) is 76.4 cm³/mol. The Labute approximate surface area is 114 Å². The smallest absolute Gasteiger partial charge is 0.307 e. The van der Waals surface area contributed by atoms with E-state index in [1.165, 1.54) is 18.4 Å². The highest BCUT2D eigenvalue weighted by atomic mass is 16.5. The molecule has 1 atom stereocenters. The van der Waals surface area contributed by atoms with Crippen LogP contribution in [0.25, 0.3) is 0 Å². The van der Waals surface area contributed by atoms with Gasteiger partial charge in [0.15, 0.2) is 0 Å². The molecule has 0 amide bonds. The van der Waals surface area contributed by atoms with Crippen molar-refractivity contribution in [3.05, 3.63) is 29.8 Å². The molecule has 1 aromatic rings. The van der Waals surface area contributed by atoms with Crippen LogP contribution in [0.15, 0.2) is 24.3 Å². The second kappa shape index (κ2) is 6.57. The molecule has 4 heteroatoms. The number of nitrogens with one attached hydrogen (secondary N) is 1. The number of carbonyl (C=O) groups excluding carboxylic acids is 1. The summed E-state index contributed by atoms with van der Waals surface area (Å²) < 4.78 is 4.76. The van der Waals surface area contributed by atoms with Crippen LogP contribution in [0.2, 0.25) is 0 Å². The predicted octanol–water partition coefficient (Wildman–Crippen LogP) is 1.73. The third-order valence-corrected chi connectivity index (χ3v) is 3.58. The van der Waals surface area contributed by atoms with Crippen LogP contribution in [0.5, 0.6) is 0 Å². The van der Waals surface area contributed by atoms with Gasteiger partial charge in [-0.15, -0.1) is 0 Å². The fourth-order valence-electron chi connectivity index (χ4n) is 2.56. The molecule has 0 bridgehead atoms. The lowest BCUT2D eigenvalue weighted by atomic mass is 10.1. The van der Waals surface area contributed by atoms with Gasteiger partial charge in [-0.1, -0.05) is 18.2 Å². The van der Waals surface area contributed by atoms with E-state index >= 15 is 0 Å². The number of methoxy groups -OCH3 is 1. The summed E-state index contributed by atoms with van der Waals surface area (Å²) in [6.45, 7) is 4.95. The van der Waals surface area contributed by atoms with Crippen molar-refractivity contribution < 1.29 is 9.53 Å². The van der Waals surface area contributed by atoms with Crippen LogP contribution in [-0.4, -0.2) is 38.8 Å². The first-order valence-electron chi connectivity index (χ1n) is 6.81. The zero-order chi connectivity index (χ0) is 13.7. The van der Waals surface area contributed by atoms with Crippen molar-refractivity contribution in [3.8, 4) is 0 Å². The maximum atomic E-state index is 11.4. The van der Waals surface area contributed by atoms with Gasteiger partial charge in [0.2, 0.25) is 0 Å². The van der Waals surface area contributed by atoms with Crippen molar-refractivity contribution in [1.82, 2.24) is 5.32 Å². The molecule has 1 saturated heterocycles. The van der Waals surface area contributed by atoms with Gasteiger partial charge >= 0.3 is 5.97 Å². The van der Waals surface area contributed by atoms with E-state index in [2.05, 4.69) is 41.4 Å². The highest BCUT2D eigenvalue weighted by molar-refractivity contribution is 5.70. The molecule has 2 rings (SSSR count). The normalized spacial score (nSPS) is 19.9. The van der Waals surface area contributed by atoms with Gasteiger partial charge in [-0.05, 0) is 31.5 Å². The summed E-state index contributed by atoms with van der Waals surface area (Å²) in [6.07, 6.45) is 1.52. The monoisotopic (exact) mass is 262 g/mol. The average molecular weight is 262 g/mol. The molecule has 1 fully saturated rings. The van der Waals surface area contributed by atoms with E-state index in [1.807, 2.05) is 0 Å². The quantitative estimate of drug-likeness (QED) is 0.842. The molecule has 19 heavy (non-hydrogen) atoms. The minimum atomic E-state index is -0.149. The van der Waals surface area contributed by atoms with Crippen molar-refractivity contribution in [2.45, 2.75) is 25.8 Å². The number of aryl methyl sites for hydroxylation is 1. The number of hydrogen-bond donors (Lipinski definition) is 1. The van der Waals surface area contributed by atoms with Gasteiger partial charge in [0.1, 0.15) is 0 Å². The van der Waals surface area contributed by atoms with Crippen LogP contribution >= 0.6 is 0 Å². The van der Waals surface area contributed by atoms with Gasteiger partial charge in [0.25, 0.3) is 0 Å². The number of hydrogen-bond acceptors (Lipinski definition) is 4. The lowest BCUT2D eigenvalue weighted by molar-refractivity contribution is -0.141. The largest absolute Gasteiger partial charge is 0.469 e. The number of rotatable bonds is 3. The molecular formula is C15H22N2O2. The lowest BCUT2D eigenvalue weighted by Gasteiger charge is -2.27. The van der Waals surface area contributed by atoms with Gasteiger partial charge in [0, 0.05) is 24.8 Å². The Morgan fingerprint density at radius 3 is 3.00 bits per heavy atom. The van der Waals surface area contributed by atoms with Gasteiger partial charge in [0.05, 0.1) is 13.5 Å². The third kappa shape index (κ3) is 3.70. The molecule has 104 valence electrons. The van der Waals surface area contributed by atoms with Crippen LogP contribution in [0.1, 0.15) is 18.4 Å². The lowest BCUT2D eigenvalue weighted by Crippen LogP contribution is -2.39. The fourth-order valence-corrected chi connectivity index (χ4v) is 2.56. The number of anilines is 1. The van der Waals surface area contributed by atoms with Gasteiger partial charge in [-0.2, -0.15) is 0 Å². The zero-order valence-corrected chi connectivity index (χ0v) is 11.7. The van der Waals surface area contributed by atoms with E-state index in [1.54, 1.807) is 0 Å². The van der Waals surface area contributed by atoms with Crippen LogP contribution in [-0.2, 0) is 9.53 Å². The summed E-state index contributed by atoms with van der Waals surface area (Å²) in [5.41, 5.74) is 2.54. The first-order chi connectivity index (χ1) is 9.20. The molecule has 4 nitrogen and oxygen atoms in total. The highest BCUT2D eigenvalue weighted by Gasteiger charge is 2.21. The van der Waals surface area contributed by atoms with Crippen molar-refractivity contribution in [1.29, 1.82) is 0 Å². The van der Waals surface area contributed by atoms with E-state index in [9.17, 15) is 4.79 Å². The molecule has 1 aliphatic heterocycles. The summed E-state index contributed by atoms with van der Waals surface area (Å²) in [7, 11) is 1.44. The molecule has 0 saturated carbocycles. The van der Waals surface area contributed by atoms with Crippen molar-refractivity contribution in [3.63, 3.8) is 0 Å². The van der Waals surface area contributed by atoms with Gasteiger partial charge in [-0.25, -0.2) is 0 Å². The molecule has 1 aliphatic rings. The first kappa shape index (κ1) is 13.9. The van der Waals surface area contributed by atoms with E-state index in [0.29, 0.717) is 6.42 Å². The Bertz CT molecular complexity index is 434. The van der Waals surface area contributed by atoms with Crippen LogP contribution < -0.4 is 10.2 Å². The second-order valence-electron chi connectivity index (χ2n) is 5.02. The van der Waals surface area contributed by atoms with Crippen molar-refractivity contribution in [2.75, 3.05) is 31.6 Å². The molecule has 1 aromatic carbocycles. The van der Waals surface area contributed by atoms with Gasteiger partial charge in [-0.3, -0.25) is 4.79 Å². The van der Waals surface area contributed by atoms with Gasteiger partial charge < -0.3 is 15.0 Å². The van der Waals surface area contributed by atoms with Crippen LogP contribution in [0.4, 0.5) is 5.69 Å². The molecule has 0 aliphatic carbocycles. The maximum Gasteiger partial charge on any atom is 0.307 e. The molecule has 1 N–H and O–H groups in total. The average Bonchev–Trinajstić information content (AvgIpc) is 2.64. The van der Waals surface area contributed by atoms with Crippen LogP contribution in [0.3, 0.4) is 0 Å².